The molecule has 66 valence electrons. The van der Waals surface area contributed by atoms with Crippen LogP contribution >= 0.6 is 0 Å². The maximum atomic E-state index is 13.1. The molecule has 0 saturated heterocycles. The van der Waals surface area contributed by atoms with Gasteiger partial charge >= 0.3 is 0 Å². The molecule has 3 nitrogen and oxygen atoms in total. The van der Waals surface area contributed by atoms with Gasteiger partial charge < -0.3 is 5.32 Å². The van der Waals surface area contributed by atoms with E-state index in [0.717, 1.165) is 0 Å². The summed E-state index contributed by atoms with van der Waals surface area (Å²) in [6, 6.07) is 4.16. The number of carbonyl (C=O) groups is 2. The van der Waals surface area contributed by atoms with Crippen molar-refractivity contribution in [3.8, 4) is 0 Å². The third-order valence-electron chi connectivity index (χ3n) is 1.89. The molecule has 0 aliphatic carbocycles. The lowest BCUT2D eigenvalue weighted by Gasteiger charge is -2.15. The Bertz CT molecular complexity index is 401. The fourth-order valence-electron chi connectivity index (χ4n) is 1.34. The SMILES string of the molecule is O=C1CC(=O)c2c(F)cccc2N1. The number of amides is 1. The molecule has 1 aromatic carbocycles. The van der Waals surface area contributed by atoms with E-state index in [1.54, 1.807) is 0 Å². The van der Waals surface area contributed by atoms with E-state index in [9.17, 15) is 14.0 Å². The molecule has 0 spiro atoms. The summed E-state index contributed by atoms with van der Waals surface area (Å²) in [5.41, 5.74) is 0.253. The van der Waals surface area contributed by atoms with E-state index >= 15 is 0 Å². The summed E-state index contributed by atoms with van der Waals surface area (Å²) in [6.45, 7) is 0. The number of nitrogens with one attached hydrogen (secondary N) is 1. The Morgan fingerprint density at radius 3 is 2.85 bits per heavy atom. The van der Waals surface area contributed by atoms with E-state index < -0.39 is 11.6 Å². The van der Waals surface area contributed by atoms with Gasteiger partial charge in [0.1, 0.15) is 5.82 Å². The van der Waals surface area contributed by atoms with Gasteiger partial charge in [-0.3, -0.25) is 9.59 Å². The fourth-order valence-corrected chi connectivity index (χ4v) is 1.34. The van der Waals surface area contributed by atoms with Crippen LogP contribution in [0.25, 0.3) is 0 Å². The summed E-state index contributed by atoms with van der Waals surface area (Å²) < 4.78 is 13.1. The topological polar surface area (TPSA) is 46.2 Å². The second-order valence-electron chi connectivity index (χ2n) is 2.81. The highest BCUT2D eigenvalue weighted by Crippen LogP contribution is 2.24. The molecule has 1 aliphatic rings. The highest BCUT2D eigenvalue weighted by atomic mass is 19.1. The third kappa shape index (κ3) is 1.20. The van der Waals surface area contributed by atoms with Crippen LogP contribution in [0, 0.1) is 5.82 Å². The van der Waals surface area contributed by atoms with Crippen molar-refractivity contribution in [1.82, 2.24) is 0 Å². The number of anilines is 1. The molecule has 0 saturated carbocycles. The summed E-state index contributed by atoms with van der Waals surface area (Å²) in [5, 5.41) is 2.43. The van der Waals surface area contributed by atoms with Gasteiger partial charge in [-0.15, -0.1) is 0 Å². The van der Waals surface area contributed by atoms with Crippen molar-refractivity contribution in [2.24, 2.45) is 0 Å². The van der Waals surface area contributed by atoms with Crippen molar-refractivity contribution < 1.29 is 14.0 Å². The minimum absolute atomic E-state index is 0.0119. The first-order valence-corrected chi connectivity index (χ1v) is 3.80. The molecule has 1 N–H and O–H groups in total. The Morgan fingerprint density at radius 2 is 2.08 bits per heavy atom. The van der Waals surface area contributed by atoms with Gasteiger partial charge in [0.2, 0.25) is 5.91 Å². The Morgan fingerprint density at radius 1 is 1.31 bits per heavy atom. The van der Waals surface area contributed by atoms with Gasteiger partial charge in [-0.05, 0) is 12.1 Å². The van der Waals surface area contributed by atoms with Crippen LogP contribution in [0.2, 0.25) is 0 Å². The van der Waals surface area contributed by atoms with Gasteiger partial charge in [0.05, 0.1) is 17.7 Å². The standard InChI is InChI=1S/C9H6FNO2/c10-5-2-1-3-6-9(5)7(12)4-8(13)11-6/h1-3H,4H2,(H,11,13). The molecular formula is C9H6FNO2. The van der Waals surface area contributed by atoms with E-state index in [-0.39, 0.29) is 23.6 Å². The molecule has 1 aliphatic heterocycles. The second kappa shape index (κ2) is 2.65. The number of Topliss-reactive ketones (excluding diaryl/α,β-unsaturated/α-hetero) is 1. The minimum atomic E-state index is -0.581. The normalized spacial score (nSPS) is 15.2. The van der Waals surface area contributed by atoms with Crippen LogP contribution in [0.3, 0.4) is 0 Å². The minimum Gasteiger partial charge on any atom is -0.325 e. The lowest BCUT2D eigenvalue weighted by Crippen LogP contribution is -2.24. The number of hydrogen-bond donors (Lipinski definition) is 1. The summed E-state index contributed by atoms with van der Waals surface area (Å²) in [4.78, 5) is 22.1. The van der Waals surface area contributed by atoms with Crippen LogP contribution in [0.15, 0.2) is 18.2 Å². The zero-order valence-electron chi connectivity index (χ0n) is 6.63. The molecule has 4 heteroatoms. The maximum Gasteiger partial charge on any atom is 0.232 e. The van der Waals surface area contributed by atoms with Gasteiger partial charge in [0.25, 0.3) is 0 Å². The average molecular weight is 179 g/mol. The van der Waals surface area contributed by atoms with Crippen LogP contribution in [-0.2, 0) is 4.79 Å². The first-order valence-electron chi connectivity index (χ1n) is 3.80. The van der Waals surface area contributed by atoms with Crippen molar-refractivity contribution in [3.05, 3.63) is 29.6 Å². The van der Waals surface area contributed by atoms with Gasteiger partial charge in [-0.1, -0.05) is 6.07 Å². The number of halogens is 1. The second-order valence-corrected chi connectivity index (χ2v) is 2.81. The number of benzene rings is 1. The van der Waals surface area contributed by atoms with Crippen molar-refractivity contribution in [2.75, 3.05) is 5.32 Å². The fraction of sp³-hybridized carbons (Fsp3) is 0.111. The molecule has 0 radical (unpaired) electrons. The van der Waals surface area contributed by atoms with Crippen molar-refractivity contribution in [3.63, 3.8) is 0 Å². The molecule has 13 heavy (non-hydrogen) atoms. The molecule has 0 aromatic heterocycles. The predicted molar refractivity (Wildman–Crippen MR) is 44.0 cm³/mol. The molecule has 0 bridgehead atoms. The molecule has 1 heterocycles. The lowest BCUT2D eigenvalue weighted by molar-refractivity contribution is -0.115. The van der Waals surface area contributed by atoms with Crippen LogP contribution in [-0.4, -0.2) is 11.7 Å². The zero-order chi connectivity index (χ0) is 9.42. The molecule has 1 amide bonds. The number of hydrogen-bond acceptors (Lipinski definition) is 2. The predicted octanol–water partition coefficient (Wildman–Crippen LogP) is 1.35. The van der Waals surface area contributed by atoms with Crippen molar-refractivity contribution in [1.29, 1.82) is 0 Å². The van der Waals surface area contributed by atoms with Gasteiger partial charge in [0, 0.05) is 0 Å². The largest absolute Gasteiger partial charge is 0.325 e. The van der Waals surface area contributed by atoms with E-state index in [1.165, 1.54) is 18.2 Å². The Labute approximate surface area is 73.6 Å². The molecule has 0 unspecified atom stereocenters. The number of rotatable bonds is 0. The van der Waals surface area contributed by atoms with Crippen molar-refractivity contribution >= 4 is 17.4 Å². The summed E-state index contributed by atoms with van der Waals surface area (Å²) in [5.74, 6) is -1.43. The van der Waals surface area contributed by atoms with Crippen LogP contribution in [0.1, 0.15) is 16.8 Å². The third-order valence-corrected chi connectivity index (χ3v) is 1.89. The Balaban J connectivity index is 2.61. The summed E-state index contributed by atoms with van der Waals surface area (Å²) >= 11 is 0. The zero-order valence-corrected chi connectivity index (χ0v) is 6.63. The number of ketones is 1. The number of fused-ring (bicyclic) bond motifs is 1. The van der Waals surface area contributed by atoms with Crippen molar-refractivity contribution in [2.45, 2.75) is 6.42 Å². The smallest absolute Gasteiger partial charge is 0.232 e. The maximum absolute atomic E-state index is 13.1. The van der Waals surface area contributed by atoms with Crippen LogP contribution in [0.5, 0.6) is 0 Å². The van der Waals surface area contributed by atoms with E-state index in [4.69, 9.17) is 0 Å². The molecule has 1 aromatic rings. The lowest BCUT2D eigenvalue weighted by atomic mass is 10.0. The average Bonchev–Trinajstić information content (AvgIpc) is 2.02. The molecule has 2 rings (SSSR count). The van der Waals surface area contributed by atoms with E-state index in [2.05, 4.69) is 5.32 Å². The van der Waals surface area contributed by atoms with Crippen LogP contribution in [0.4, 0.5) is 10.1 Å². The molecular weight excluding hydrogens is 173 g/mol. The van der Waals surface area contributed by atoms with Gasteiger partial charge in [0.15, 0.2) is 5.78 Å². The Kier molecular flexibility index (Phi) is 1.62. The summed E-state index contributed by atoms with van der Waals surface area (Å²) in [6.07, 6.45) is -0.270. The number of carbonyl (C=O) groups excluding carboxylic acids is 2. The first kappa shape index (κ1) is 7.91. The van der Waals surface area contributed by atoms with Gasteiger partial charge in [-0.2, -0.15) is 0 Å². The molecule has 0 atom stereocenters. The highest BCUT2D eigenvalue weighted by Gasteiger charge is 2.25. The Hall–Kier alpha value is -1.71. The highest BCUT2D eigenvalue weighted by molar-refractivity contribution is 6.18. The van der Waals surface area contributed by atoms with Crippen LogP contribution < -0.4 is 5.32 Å². The first-order chi connectivity index (χ1) is 6.18. The van der Waals surface area contributed by atoms with E-state index in [0.29, 0.717) is 0 Å². The van der Waals surface area contributed by atoms with E-state index in [1.807, 2.05) is 0 Å². The molecule has 0 fully saturated rings. The van der Waals surface area contributed by atoms with Gasteiger partial charge in [-0.25, -0.2) is 4.39 Å². The monoisotopic (exact) mass is 179 g/mol. The summed E-state index contributed by atoms with van der Waals surface area (Å²) in [7, 11) is 0. The quantitative estimate of drug-likeness (QED) is 0.611.